The van der Waals surface area contributed by atoms with Gasteiger partial charge in [0.05, 0.1) is 24.8 Å². The summed E-state index contributed by atoms with van der Waals surface area (Å²) in [7, 11) is 1.47. The lowest BCUT2D eigenvalue weighted by atomic mass is 9.83. The molecular formula is C18H21N3O3. The third-order valence-electron chi connectivity index (χ3n) is 4.25. The Kier molecular flexibility index (Phi) is 5.65. The molecule has 1 saturated carbocycles. The minimum absolute atomic E-state index is 0.329. The molecule has 0 saturated heterocycles. The summed E-state index contributed by atoms with van der Waals surface area (Å²) in [5.41, 5.74) is -0.344. The number of rotatable bonds is 5. The lowest BCUT2D eigenvalue weighted by Gasteiger charge is -2.32. The van der Waals surface area contributed by atoms with Crippen LogP contribution in [-0.4, -0.2) is 24.7 Å². The molecule has 6 nitrogen and oxygen atoms in total. The van der Waals surface area contributed by atoms with Gasteiger partial charge in [0, 0.05) is 6.07 Å². The number of ether oxygens (including phenoxy) is 2. The second kappa shape index (κ2) is 7.70. The predicted molar refractivity (Wildman–Crippen MR) is 87.4 cm³/mol. The smallest absolute Gasteiger partial charge is 0.262 e. The van der Waals surface area contributed by atoms with Crippen molar-refractivity contribution in [3.05, 3.63) is 23.8 Å². The molecule has 1 unspecified atom stereocenters. The maximum atomic E-state index is 12.4. The summed E-state index contributed by atoms with van der Waals surface area (Å²) in [6.07, 6.45) is 3.52. The molecule has 1 fully saturated rings. The number of nitrogens with one attached hydrogen (secondary N) is 1. The molecule has 0 aliphatic heterocycles. The van der Waals surface area contributed by atoms with Gasteiger partial charge in [-0.05, 0) is 31.9 Å². The fraction of sp³-hybridized carbons (Fsp3) is 0.500. The van der Waals surface area contributed by atoms with Crippen LogP contribution in [0.4, 0.5) is 0 Å². The van der Waals surface area contributed by atoms with Crippen LogP contribution >= 0.6 is 0 Å². The standard InChI is InChI=1S/C18H21N3O3/c1-13(17(22)21-18(12-20)8-4-3-5-9-18)24-15-7-6-14(11-19)10-16(15)23-2/h6-7,10,13H,3-5,8-9H2,1-2H3,(H,21,22). The zero-order valence-corrected chi connectivity index (χ0v) is 14.0. The van der Waals surface area contributed by atoms with Crippen LogP contribution in [0, 0.1) is 22.7 Å². The van der Waals surface area contributed by atoms with Gasteiger partial charge < -0.3 is 14.8 Å². The summed E-state index contributed by atoms with van der Waals surface area (Å²) >= 11 is 0. The van der Waals surface area contributed by atoms with E-state index < -0.39 is 11.6 Å². The van der Waals surface area contributed by atoms with E-state index in [1.807, 2.05) is 6.07 Å². The molecule has 1 aliphatic rings. The van der Waals surface area contributed by atoms with Crippen molar-refractivity contribution in [2.75, 3.05) is 7.11 Å². The zero-order valence-electron chi connectivity index (χ0n) is 14.0. The predicted octanol–water partition coefficient (Wildman–Crippen LogP) is 2.68. The maximum Gasteiger partial charge on any atom is 0.262 e. The van der Waals surface area contributed by atoms with Gasteiger partial charge in [-0.2, -0.15) is 10.5 Å². The van der Waals surface area contributed by atoms with Crippen LogP contribution in [-0.2, 0) is 4.79 Å². The number of benzene rings is 1. The molecule has 0 aromatic heterocycles. The second-order valence-corrected chi connectivity index (χ2v) is 5.98. The van der Waals surface area contributed by atoms with E-state index in [1.165, 1.54) is 7.11 Å². The largest absolute Gasteiger partial charge is 0.493 e. The van der Waals surface area contributed by atoms with Gasteiger partial charge in [0.1, 0.15) is 5.54 Å². The van der Waals surface area contributed by atoms with Crippen LogP contribution in [0.2, 0.25) is 0 Å². The summed E-state index contributed by atoms with van der Waals surface area (Å²) in [5, 5.41) is 21.2. The van der Waals surface area contributed by atoms with E-state index in [-0.39, 0.29) is 5.91 Å². The summed E-state index contributed by atoms with van der Waals surface area (Å²) < 4.78 is 10.9. The maximum absolute atomic E-state index is 12.4. The Bertz CT molecular complexity index is 682. The number of carbonyl (C=O) groups excluding carboxylic acids is 1. The SMILES string of the molecule is COc1cc(C#N)ccc1OC(C)C(=O)NC1(C#N)CCCCC1. The van der Waals surface area contributed by atoms with Crippen LogP contribution < -0.4 is 14.8 Å². The Balaban J connectivity index is 2.06. The van der Waals surface area contributed by atoms with Crippen molar-refractivity contribution in [3.63, 3.8) is 0 Å². The van der Waals surface area contributed by atoms with Gasteiger partial charge in [-0.1, -0.05) is 19.3 Å². The number of carbonyl (C=O) groups is 1. The average molecular weight is 327 g/mol. The van der Waals surface area contributed by atoms with Crippen molar-refractivity contribution >= 4 is 5.91 Å². The first-order valence-electron chi connectivity index (χ1n) is 8.01. The number of methoxy groups -OCH3 is 1. The molecule has 24 heavy (non-hydrogen) atoms. The quantitative estimate of drug-likeness (QED) is 0.897. The van der Waals surface area contributed by atoms with Crippen LogP contribution in [0.25, 0.3) is 0 Å². The molecule has 1 aromatic rings. The normalized spacial score (nSPS) is 17.0. The molecule has 0 bridgehead atoms. The number of nitriles is 2. The van der Waals surface area contributed by atoms with E-state index in [4.69, 9.17) is 14.7 Å². The number of hydrogen-bond donors (Lipinski definition) is 1. The molecule has 1 N–H and O–H groups in total. The van der Waals surface area contributed by atoms with E-state index in [9.17, 15) is 10.1 Å². The highest BCUT2D eigenvalue weighted by molar-refractivity contribution is 5.82. The highest BCUT2D eigenvalue weighted by Crippen LogP contribution is 2.30. The molecule has 1 aliphatic carbocycles. The van der Waals surface area contributed by atoms with Crippen molar-refractivity contribution in [2.24, 2.45) is 0 Å². The topological polar surface area (TPSA) is 95.1 Å². The molecule has 126 valence electrons. The minimum Gasteiger partial charge on any atom is -0.493 e. The molecule has 1 atom stereocenters. The van der Waals surface area contributed by atoms with E-state index in [2.05, 4.69) is 11.4 Å². The third kappa shape index (κ3) is 3.97. The first-order chi connectivity index (χ1) is 11.5. The van der Waals surface area contributed by atoms with Gasteiger partial charge in [-0.15, -0.1) is 0 Å². The fourth-order valence-corrected chi connectivity index (χ4v) is 2.84. The Labute approximate surface area is 142 Å². The van der Waals surface area contributed by atoms with Gasteiger partial charge >= 0.3 is 0 Å². The van der Waals surface area contributed by atoms with E-state index in [1.54, 1.807) is 25.1 Å². The number of hydrogen-bond acceptors (Lipinski definition) is 5. The third-order valence-corrected chi connectivity index (χ3v) is 4.25. The highest BCUT2D eigenvalue weighted by atomic mass is 16.5. The molecular weight excluding hydrogens is 306 g/mol. The van der Waals surface area contributed by atoms with Gasteiger partial charge in [-0.3, -0.25) is 4.79 Å². The monoisotopic (exact) mass is 327 g/mol. The van der Waals surface area contributed by atoms with Crippen LogP contribution in [0.3, 0.4) is 0 Å². The highest BCUT2D eigenvalue weighted by Gasteiger charge is 2.35. The van der Waals surface area contributed by atoms with Crippen molar-refractivity contribution in [3.8, 4) is 23.6 Å². The van der Waals surface area contributed by atoms with Crippen molar-refractivity contribution in [1.82, 2.24) is 5.32 Å². The van der Waals surface area contributed by atoms with Crippen LogP contribution in [0.5, 0.6) is 11.5 Å². The first kappa shape index (κ1) is 17.6. The fourth-order valence-electron chi connectivity index (χ4n) is 2.84. The van der Waals surface area contributed by atoms with E-state index in [0.717, 1.165) is 19.3 Å². The molecule has 2 rings (SSSR count). The summed E-state index contributed by atoms with van der Waals surface area (Å²) in [4.78, 5) is 12.4. The van der Waals surface area contributed by atoms with Gasteiger partial charge in [0.25, 0.3) is 5.91 Å². The summed E-state index contributed by atoms with van der Waals surface area (Å²) in [6, 6.07) is 9.03. The van der Waals surface area contributed by atoms with Gasteiger partial charge in [0.2, 0.25) is 0 Å². The van der Waals surface area contributed by atoms with Crippen molar-refractivity contribution in [2.45, 2.75) is 50.7 Å². The Hall–Kier alpha value is -2.73. The molecule has 0 heterocycles. The Morgan fingerprint density at radius 3 is 2.54 bits per heavy atom. The Morgan fingerprint density at radius 1 is 1.25 bits per heavy atom. The summed E-state index contributed by atoms with van der Waals surface area (Å²) in [6.45, 7) is 1.63. The van der Waals surface area contributed by atoms with Gasteiger partial charge in [-0.25, -0.2) is 0 Å². The minimum atomic E-state index is -0.790. The molecule has 1 amide bonds. The van der Waals surface area contributed by atoms with Gasteiger partial charge in [0.15, 0.2) is 17.6 Å². The number of amides is 1. The molecule has 6 heteroatoms. The number of nitrogens with zero attached hydrogens (tertiary/aromatic N) is 2. The molecule has 0 spiro atoms. The zero-order chi connectivity index (χ0) is 17.6. The van der Waals surface area contributed by atoms with Crippen molar-refractivity contribution in [1.29, 1.82) is 10.5 Å². The van der Waals surface area contributed by atoms with E-state index >= 15 is 0 Å². The lowest BCUT2D eigenvalue weighted by Crippen LogP contribution is -2.52. The lowest BCUT2D eigenvalue weighted by molar-refractivity contribution is -0.129. The first-order valence-corrected chi connectivity index (χ1v) is 8.01. The van der Waals surface area contributed by atoms with E-state index in [0.29, 0.717) is 29.9 Å². The second-order valence-electron chi connectivity index (χ2n) is 5.98. The average Bonchev–Trinajstić information content (AvgIpc) is 2.62. The molecule has 1 aromatic carbocycles. The van der Waals surface area contributed by atoms with Crippen molar-refractivity contribution < 1.29 is 14.3 Å². The Morgan fingerprint density at radius 2 is 1.96 bits per heavy atom. The summed E-state index contributed by atoms with van der Waals surface area (Å²) in [5.74, 6) is 0.444. The van der Waals surface area contributed by atoms with Crippen LogP contribution in [0.15, 0.2) is 18.2 Å². The van der Waals surface area contributed by atoms with Crippen LogP contribution in [0.1, 0.15) is 44.6 Å². The molecule has 0 radical (unpaired) electrons.